The Morgan fingerprint density at radius 1 is 1.48 bits per heavy atom. The fraction of sp³-hybridized carbons (Fsp3) is 0.133. The molecule has 0 atom stereocenters. The van der Waals surface area contributed by atoms with E-state index in [1.165, 1.54) is 6.08 Å². The van der Waals surface area contributed by atoms with Crippen molar-refractivity contribution in [3.05, 3.63) is 47.2 Å². The molecule has 0 radical (unpaired) electrons. The van der Waals surface area contributed by atoms with Crippen LogP contribution in [0.4, 0.5) is 5.82 Å². The molecule has 6 nitrogen and oxygen atoms in total. The highest BCUT2D eigenvalue weighted by molar-refractivity contribution is 6.09. The zero-order chi connectivity index (χ0) is 15.2. The monoisotopic (exact) mass is 283 g/mol. The number of nitrogens with one attached hydrogen (secondary N) is 1. The Morgan fingerprint density at radius 2 is 2.29 bits per heavy atom. The van der Waals surface area contributed by atoms with E-state index in [1.807, 2.05) is 6.07 Å². The van der Waals surface area contributed by atoms with Crippen LogP contribution in [0.15, 0.2) is 40.4 Å². The molecular weight excluding hydrogens is 270 g/mol. The Morgan fingerprint density at radius 3 is 2.90 bits per heavy atom. The SMILES string of the molecule is COc1cccc(/C=C(/C#N)C(=O)Nc2cc(C)on2)c1. The molecule has 1 aromatic heterocycles. The van der Waals surface area contributed by atoms with E-state index in [-0.39, 0.29) is 11.4 Å². The van der Waals surface area contributed by atoms with Gasteiger partial charge in [0.1, 0.15) is 23.2 Å². The molecule has 0 aliphatic heterocycles. The van der Waals surface area contributed by atoms with Crippen LogP contribution in [-0.4, -0.2) is 18.2 Å². The minimum absolute atomic E-state index is 0.0380. The summed E-state index contributed by atoms with van der Waals surface area (Å²) >= 11 is 0. The van der Waals surface area contributed by atoms with Crippen molar-refractivity contribution in [1.29, 1.82) is 5.26 Å². The second-order valence-corrected chi connectivity index (χ2v) is 4.22. The van der Waals surface area contributed by atoms with Crippen molar-refractivity contribution in [2.75, 3.05) is 12.4 Å². The van der Waals surface area contributed by atoms with Crippen LogP contribution >= 0.6 is 0 Å². The van der Waals surface area contributed by atoms with Crippen LogP contribution in [0.2, 0.25) is 0 Å². The minimum Gasteiger partial charge on any atom is -0.497 e. The summed E-state index contributed by atoms with van der Waals surface area (Å²) in [5, 5.41) is 15.3. The largest absolute Gasteiger partial charge is 0.497 e. The van der Waals surface area contributed by atoms with Crippen LogP contribution in [0.5, 0.6) is 5.75 Å². The van der Waals surface area contributed by atoms with Gasteiger partial charge in [0, 0.05) is 6.07 Å². The number of hydrogen-bond donors (Lipinski definition) is 1. The van der Waals surface area contributed by atoms with Crippen LogP contribution in [-0.2, 0) is 4.79 Å². The van der Waals surface area contributed by atoms with Gasteiger partial charge in [-0.25, -0.2) is 0 Å². The van der Waals surface area contributed by atoms with Crippen molar-refractivity contribution in [3.63, 3.8) is 0 Å². The summed E-state index contributed by atoms with van der Waals surface area (Å²) in [5.74, 6) is 0.937. The van der Waals surface area contributed by atoms with Crippen molar-refractivity contribution < 1.29 is 14.1 Å². The third kappa shape index (κ3) is 3.70. The van der Waals surface area contributed by atoms with Gasteiger partial charge in [-0.3, -0.25) is 4.79 Å². The van der Waals surface area contributed by atoms with Gasteiger partial charge in [-0.2, -0.15) is 5.26 Å². The Balaban J connectivity index is 2.20. The van der Waals surface area contributed by atoms with E-state index in [4.69, 9.17) is 14.5 Å². The zero-order valence-electron chi connectivity index (χ0n) is 11.6. The quantitative estimate of drug-likeness (QED) is 0.688. The first-order valence-corrected chi connectivity index (χ1v) is 6.13. The Kier molecular flexibility index (Phi) is 4.36. The smallest absolute Gasteiger partial charge is 0.267 e. The molecule has 2 rings (SSSR count). The van der Waals surface area contributed by atoms with Crippen molar-refractivity contribution >= 4 is 17.8 Å². The van der Waals surface area contributed by atoms with Gasteiger partial charge >= 0.3 is 0 Å². The minimum atomic E-state index is -0.548. The summed E-state index contributed by atoms with van der Waals surface area (Å²) in [7, 11) is 1.55. The number of carbonyl (C=O) groups is 1. The molecule has 21 heavy (non-hydrogen) atoms. The lowest BCUT2D eigenvalue weighted by Crippen LogP contribution is -2.13. The van der Waals surface area contributed by atoms with E-state index in [9.17, 15) is 4.79 Å². The Bertz CT molecular complexity index is 726. The van der Waals surface area contributed by atoms with Gasteiger partial charge in [-0.05, 0) is 30.7 Å². The van der Waals surface area contributed by atoms with E-state index in [0.29, 0.717) is 17.1 Å². The number of aromatic nitrogens is 1. The molecule has 1 aromatic carbocycles. The van der Waals surface area contributed by atoms with Crippen LogP contribution in [0.1, 0.15) is 11.3 Å². The molecule has 0 fully saturated rings. The van der Waals surface area contributed by atoms with E-state index in [2.05, 4.69) is 10.5 Å². The first kappa shape index (κ1) is 14.3. The van der Waals surface area contributed by atoms with Crippen molar-refractivity contribution in [2.24, 2.45) is 0 Å². The maximum Gasteiger partial charge on any atom is 0.267 e. The second kappa shape index (κ2) is 6.39. The van der Waals surface area contributed by atoms with E-state index in [1.54, 1.807) is 44.4 Å². The van der Waals surface area contributed by atoms with Gasteiger partial charge in [-0.1, -0.05) is 17.3 Å². The highest BCUT2D eigenvalue weighted by Gasteiger charge is 2.11. The number of aryl methyl sites for hydroxylation is 1. The lowest BCUT2D eigenvalue weighted by Gasteiger charge is -2.02. The molecule has 0 bridgehead atoms. The normalized spacial score (nSPS) is 10.8. The lowest BCUT2D eigenvalue weighted by molar-refractivity contribution is -0.112. The van der Waals surface area contributed by atoms with Gasteiger partial charge in [0.2, 0.25) is 0 Å². The molecule has 0 saturated heterocycles. The fourth-order valence-corrected chi connectivity index (χ4v) is 1.66. The predicted octanol–water partition coefficient (Wildman–Crippen LogP) is 2.54. The zero-order valence-corrected chi connectivity index (χ0v) is 11.6. The molecule has 1 N–H and O–H groups in total. The van der Waals surface area contributed by atoms with Gasteiger partial charge < -0.3 is 14.6 Å². The highest BCUT2D eigenvalue weighted by atomic mass is 16.5. The molecule has 0 aliphatic rings. The number of ether oxygens (including phenoxy) is 1. The molecule has 1 heterocycles. The number of anilines is 1. The molecule has 0 aliphatic carbocycles. The molecule has 106 valence electrons. The van der Waals surface area contributed by atoms with E-state index >= 15 is 0 Å². The van der Waals surface area contributed by atoms with Gasteiger partial charge in [0.15, 0.2) is 5.82 Å². The average molecular weight is 283 g/mol. The first-order valence-electron chi connectivity index (χ1n) is 6.13. The Labute approximate surface area is 121 Å². The highest BCUT2D eigenvalue weighted by Crippen LogP contribution is 2.16. The number of nitriles is 1. The summed E-state index contributed by atoms with van der Waals surface area (Å²) in [6.45, 7) is 1.71. The lowest BCUT2D eigenvalue weighted by atomic mass is 10.1. The summed E-state index contributed by atoms with van der Waals surface area (Å²) in [6.07, 6.45) is 1.48. The van der Waals surface area contributed by atoms with Crippen molar-refractivity contribution in [1.82, 2.24) is 5.16 Å². The van der Waals surface area contributed by atoms with Crippen LogP contribution in [0.3, 0.4) is 0 Å². The number of rotatable bonds is 4. The molecule has 1 amide bonds. The van der Waals surface area contributed by atoms with E-state index in [0.717, 1.165) is 0 Å². The van der Waals surface area contributed by atoms with Gasteiger partial charge in [0.05, 0.1) is 7.11 Å². The summed E-state index contributed by atoms with van der Waals surface area (Å²) in [5.41, 5.74) is 0.654. The summed E-state index contributed by atoms with van der Waals surface area (Å²) < 4.78 is 9.94. The molecule has 2 aromatic rings. The standard InChI is InChI=1S/C15H13N3O3/c1-10-6-14(18-21-10)17-15(19)12(9-16)7-11-4-3-5-13(8-11)20-2/h3-8H,1-2H3,(H,17,18,19)/b12-7-. The number of nitrogens with zero attached hydrogens (tertiary/aromatic N) is 2. The number of amides is 1. The predicted molar refractivity (Wildman–Crippen MR) is 76.5 cm³/mol. The number of methoxy groups -OCH3 is 1. The molecule has 0 spiro atoms. The number of hydrogen-bond acceptors (Lipinski definition) is 5. The molecule has 0 saturated carbocycles. The maximum atomic E-state index is 12.0. The van der Waals surface area contributed by atoms with Crippen LogP contribution < -0.4 is 10.1 Å². The van der Waals surface area contributed by atoms with Gasteiger partial charge in [-0.15, -0.1) is 0 Å². The van der Waals surface area contributed by atoms with Crippen LogP contribution in [0.25, 0.3) is 6.08 Å². The van der Waals surface area contributed by atoms with Crippen molar-refractivity contribution in [2.45, 2.75) is 6.92 Å². The molecule has 6 heteroatoms. The third-order valence-electron chi connectivity index (χ3n) is 2.64. The number of carbonyl (C=O) groups excluding carboxylic acids is 1. The van der Waals surface area contributed by atoms with Crippen molar-refractivity contribution in [3.8, 4) is 11.8 Å². The number of benzene rings is 1. The van der Waals surface area contributed by atoms with Crippen LogP contribution in [0, 0.1) is 18.3 Å². The van der Waals surface area contributed by atoms with Gasteiger partial charge in [0.25, 0.3) is 5.91 Å². The topological polar surface area (TPSA) is 88.1 Å². The molecule has 0 unspecified atom stereocenters. The average Bonchev–Trinajstić information content (AvgIpc) is 2.90. The second-order valence-electron chi connectivity index (χ2n) is 4.22. The van der Waals surface area contributed by atoms with E-state index < -0.39 is 5.91 Å². The summed E-state index contributed by atoms with van der Waals surface area (Å²) in [4.78, 5) is 12.0. The first-order chi connectivity index (χ1) is 10.1. The maximum absolute atomic E-state index is 12.0. The fourth-order valence-electron chi connectivity index (χ4n) is 1.66. The molecular formula is C15H13N3O3. The third-order valence-corrected chi connectivity index (χ3v) is 2.64. The summed E-state index contributed by atoms with van der Waals surface area (Å²) in [6, 6.07) is 10.5. The Hall–Kier alpha value is -3.07.